The van der Waals surface area contributed by atoms with Crippen LogP contribution in [-0.4, -0.2) is 0 Å². The largest absolute Gasteiger partial charge is 0.320 e. The fourth-order valence-corrected chi connectivity index (χ4v) is 3.00. The summed E-state index contributed by atoms with van der Waals surface area (Å²) >= 11 is 3.23. The van der Waals surface area contributed by atoms with Crippen molar-refractivity contribution in [3.05, 3.63) is 81.8 Å². The van der Waals surface area contributed by atoms with Gasteiger partial charge in [0.1, 0.15) is 11.6 Å². The monoisotopic (exact) mass is 347 g/mol. The fourth-order valence-electron chi connectivity index (χ4n) is 2.49. The summed E-state index contributed by atoms with van der Waals surface area (Å²) in [6, 6.07) is 14.4. The Kier molecular flexibility index (Phi) is 3.74. The zero-order valence-corrected chi connectivity index (χ0v) is 12.6. The van der Waals surface area contributed by atoms with Crippen molar-refractivity contribution >= 4 is 26.7 Å². The molecule has 0 saturated carbocycles. The average molecular weight is 348 g/mol. The molecule has 3 rings (SSSR count). The molecular weight excluding hydrogens is 336 g/mol. The van der Waals surface area contributed by atoms with Crippen molar-refractivity contribution in [2.45, 2.75) is 6.04 Å². The maximum atomic E-state index is 13.9. The van der Waals surface area contributed by atoms with E-state index < -0.39 is 6.04 Å². The first-order valence-electron chi connectivity index (χ1n) is 6.46. The van der Waals surface area contributed by atoms with Gasteiger partial charge in [-0.3, -0.25) is 0 Å². The van der Waals surface area contributed by atoms with Gasteiger partial charge in [0.05, 0.1) is 10.5 Å². The lowest BCUT2D eigenvalue weighted by atomic mass is 9.94. The Morgan fingerprint density at radius 2 is 1.48 bits per heavy atom. The van der Waals surface area contributed by atoms with Gasteiger partial charge in [0.15, 0.2) is 0 Å². The first-order valence-corrected chi connectivity index (χ1v) is 7.25. The van der Waals surface area contributed by atoms with E-state index in [9.17, 15) is 8.78 Å². The first kappa shape index (κ1) is 14.2. The van der Waals surface area contributed by atoms with Crippen molar-refractivity contribution < 1.29 is 8.78 Å². The molecule has 4 heteroatoms. The van der Waals surface area contributed by atoms with Crippen LogP contribution in [0, 0.1) is 11.6 Å². The highest BCUT2D eigenvalue weighted by molar-refractivity contribution is 9.10. The number of hydrogen-bond acceptors (Lipinski definition) is 1. The molecule has 0 spiro atoms. The van der Waals surface area contributed by atoms with E-state index in [1.54, 1.807) is 30.3 Å². The molecule has 0 aliphatic heterocycles. The Balaban J connectivity index is 2.21. The van der Waals surface area contributed by atoms with Gasteiger partial charge < -0.3 is 5.73 Å². The molecular formula is C17H12BrF2N. The third-order valence-electron chi connectivity index (χ3n) is 3.56. The topological polar surface area (TPSA) is 26.0 Å². The van der Waals surface area contributed by atoms with Gasteiger partial charge in [0, 0.05) is 5.39 Å². The zero-order chi connectivity index (χ0) is 15.0. The lowest BCUT2D eigenvalue weighted by Crippen LogP contribution is -2.13. The van der Waals surface area contributed by atoms with Gasteiger partial charge in [-0.15, -0.1) is 0 Å². The molecule has 2 N–H and O–H groups in total. The van der Waals surface area contributed by atoms with Crippen LogP contribution in [0.15, 0.2) is 59.1 Å². The van der Waals surface area contributed by atoms with Gasteiger partial charge in [-0.1, -0.05) is 42.5 Å². The summed E-state index contributed by atoms with van der Waals surface area (Å²) < 4.78 is 27.9. The second-order valence-corrected chi connectivity index (χ2v) is 5.60. The SMILES string of the molecule is NC(c1cccc(F)c1Br)c1ccc(F)c2ccccc12. The molecule has 0 fully saturated rings. The Morgan fingerprint density at radius 1 is 0.762 bits per heavy atom. The second kappa shape index (κ2) is 5.54. The van der Waals surface area contributed by atoms with Crippen molar-refractivity contribution in [3.8, 4) is 0 Å². The smallest absolute Gasteiger partial charge is 0.137 e. The quantitative estimate of drug-likeness (QED) is 0.698. The van der Waals surface area contributed by atoms with Gasteiger partial charge in [-0.2, -0.15) is 0 Å². The lowest BCUT2D eigenvalue weighted by Gasteiger charge is -2.17. The van der Waals surface area contributed by atoms with Gasteiger partial charge >= 0.3 is 0 Å². The van der Waals surface area contributed by atoms with Crippen molar-refractivity contribution in [1.82, 2.24) is 0 Å². The van der Waals surface area contributed by atoms with Gasteiger partial charge in [0.2, 0.25) is 0 Å². The lowest BCUT2D eigenvalue weighted by molar-refractivity contribution is 0.615. The van der Waals surface area contributed by atoms with Gasteiger partial charge in [0.25, 0.3) is 0 Å². The number of halogens is 3. The normalized spacial score (nSPS) is 12.6. The van der Waals surface area contributed by atoms with Gasteiger partial charge in [-0.25, -0.2) is 8.78 Å². The minimum atomic E-state index is -0.541. The number of benzene rings is 3. The van der Waals surface area contributed by atoms with Crippen LogP contribution in [0.4, 0.5) is 8.78 Å². The van der Waals surface area contributed by atoms with E-state index in [-0.39, 0.29) is 11.6 Å². The predicted molar refractivity (Wildman–Crippen MR) is 84.0 cm³/mol. The van der Waals surface area contributed by atoms with Crippen LogP contribution >= 0.6 is 15.9 Å². The van der Waals surface area contributed by atoms with E-state index in [4.69, 9.17) is 5.73 Å². The predicted octanol–water partition coefficient (Wildman–Crippen LogP) is 4.93. The number of nitrogens with two attached hydrogens (primary N) is 1. The number of hydrogen-bond donors (Lipinski definition) is 1. The number of rotatable bonds is 2. The molecule has 1 atom stereocenters. The molecule has 0 amide bonds. The molecule has 3 aromatic carbocycles. The summed E-state index contributed by atoms with van der Waals surface area (Å²) in [6.45, 7) is 0. The Labute approximate surface area is 129 Å². The molecule has 0 aliphatic carbocycles. The third-order valence-corrected chi connectivity index (χ3v) is 4.39. The third kappa shape index (κ3) is 2.45. The molecule has 0 aromatic heterocycles. The summed E-state index contributed by atoms with van der Waals surface area (Å²) in [6.07, 6.45) is 0. The van der Waals surface area contributed by atoms with Crippen molar-refractivity contribution in [2.24, 2.45) is 5.73 Å². The standard InChI is InChI=1S/C17H12BrF2N/c18-16-13(6-3-7-15(16)20)17(21)12-8-9-14(19)11-5-2-1-4-10(11)12/h1-9,17H,21H2. The molecule has 0 radical (unpaired) electrons. The summed E-state index contributed by atoms with van der Waals surface area (Å²) in [4.78, 5) is 0. The maximum absolute atomic E-state index is 13.9. The molecule has 1 nitrogen and oxygen atoms in total. The molecule has 3 aromatic rings. The summed E-state index contributed by atoms with van der Waals surface area (Å²) in [5.74, 6) is -0.658. The Morgan fingerprint density at radius 3 is 2.24 bits per heavy atom. The molecule has 0 saturated heterocycles. The minimum absolute atomic E-state index is 0.292. The van der Waals surface area contributed by atoms with Crippen LogP contribution in [-0.2, 0) is 0 Å². The van der Waals surface area contributed by atoms with Crippen molar-refractivity contribution in [3.63, 3.8) is 0 Å². The van der Waals surface area contributed by atoms with E-state index in [2.05, 4.69) is 15.9 Å². The van der Waals surface area contributed by atoms with Crippen LogP contribution in [0.25, 0.3) is 10.8 Å². The molecule has 0 bridgehead atoms. The Bertz CT molecular complexity index is 817. The maximum Gasteiger partial charge on any atom is 0.137 e. The molecule has 106 valence electrons. The van der Waals surface area contributed by atoms with Crippen LogP contribution in [0.3, 0.4) is 0 Å². The summed E-state index contributed by atoms with van der Waals surface area (Å²) in [5.41, 5.74) is 7.68. The first-order chi connectivity index (χ1) is 10.1. The highest BCUT2D eigenvalue weighted by Gasteiger charge is 2.17. The molecule has 21 heavy (non-hydrogen) atoms. The van der Waals surface area contributed by atoms with Gasteiger partial charge in [-0.05, 0) is 44.6 Å². The average Bonchev–Trinajstić information content (AvgIpc) is 2.50. The molecule has 0 heterocycles. The van der Waals surface area contributed by atoms with Crippen LogP contribution in [0.5, 0.6) is 0 Å². The highest BCUT2D eigenvalue weighted by atomic mass is 79.9. The molecule has 0 aliphatic rings. The summed E-state index contributed by atoms with van der Waals surface area (Å²) in [5, 5.41) is 1.25. The molecule has 1 unspecified atom stereocenters. The van der Waals surface area contributed by atoms with E-state index in [0.29, 0.717) is 15.4 Å². The van der Waals surface area contributed by atoms with E-state index in [1.807, 2.05) is 12.1 Å². The number of fused-ring (bicyclic) bond motifs is 1. The van der Waals surface area contributed by atoms with Crippen LogP contribution < -0.4 is 5.73 Å². The van der Waals surface area contributed by atoms with Crippen LogP contribution in [0.1, 0.15) is 17.2 Å². The van der Waals surface area contributed by atoms with E-state index in [0.717, 1.165) is 10.9 Å². The van der Waals surface area contributed by atoms with Crippen LogP contribution in [0.2, 0.25) is 0 Å². The fraction of sp³-hybridized carbons (Fsp3) is 0.0588. The van der Waals surface area contributed by atoms with E-state index >= 15 is 0 Å². The summed E-state index contributed by atoms with van der Waals surface area (Å²) in [7, 11) is 0. The second-order valence-electron chi connectivity index (χ2n) is 4.80. The minimum Gasteiger partial charge on any atom is -0.320 e. The zero-order valence-electron chi connectivity index (χ0n) is 11.0. The van der Waals surface area contributed by atoms with E-state index in [1.165, 1.54) is 12.1 Å². The van der Waals surface area contributed by atoms with Crippen molar-refractivity contribution in [2.75, 3.05) is 0 Å². The Hall–Kier alpha value is -1.78. The highest BCUT2D eigenvalue weighted by Crippen LogP contribution is 2.33. The van der Waals surface area contributed by atoms with Crippen molar-refractivity contribution in [1.29, 1.82) is 0 Å².